The normalized spacial score (nSPS) is 25.6. The molecule has 2 saturated heterocycles. The zero-order chi connectivity index (χ0) is 12.1. The first-order chi connectivity index (χ1) is 8.29. The summed E-state index contributed by atoms with van der Waals surface area (Å²) < 4.78 is 5.59. The Labute approximate surface area is 116 Å². The van der Waals surface area contributed by atoms with Crippen LogP contribution >= 0.6 is 12.4 Å². The Morgan fingerprint density at radius 2 is 2.11 bits per heavy atom. The van der Waals surface area contributed by atoms with Gasteiger partial charge in [-0.2, -0.15) is 0 Å². The lowest BCUT2D eigenvalue weighted by atomic mass is 9.94. The van der Waals surface area contributed by atoms with Gasteiger partial charge in [-0.3, -0.25) is 4.79 Å². The van der Waals surface area contributed by atoms with Crippen LogP contribution in [0.4, 0.5) is 0 Å². The van der Waals surface area contributed by atoms with Crippen LogP contribution in [0.5, 0.6) is 0 Å². The molecule has 2 rings (SSSR count). The average molecular weight is 277 g/mol. The zero-order valence-corrected chi connectivity index (χ0v) is 12.0. The molecular weight excluding hydrogens is 252 g/mol. The molecule has 2 aliphatic heterocycles. The van der Waals surface area contributed by atoms with Crippen molar-refractivity contribution in [2.45, 2.75) is 38.7 Å². The highest BCUT2D eigenvalue weighted by molar-refractivity contribution is 5.85. The molecule has 18 heavy (non-hydrogen) atoms. The number of morpholine rings is 1. The summed E-state index contributed by atoms with van der Waals surface area (Å²) in [7, 11) is 0. The monoisotopic (exact) mass is 276 g/mol. The van der Waals surface area contributed by atoms with Crippen LogP contribution in [0.2, 0.25) is 0 Å². The Hall–Kier alpha value is -0.320. The fraction of sp³-hybridized carbons (Fsp3) is 0.923. The van der Waals surface area contributed by atoms with Gasteiger partial charge in [-0.25, -0.2) is 0 Å². The number of ether oxygens (including phenoxy) is 1. The van der Waals surface area contributed by atoms with Crippen LogP contribution in [-0.2, 0) is 9.53 Å². The summed E-state index contributed by atoms with van der Waals surface area (Å²) >= 11 is 0. The molecular formula is C13H25ClN2O2. The number of nitrogens with one attached hydrogen (secondary N) is 1. The van der Waals surface area contributed by atoms with Crippen LogP contribution in [0.25, 0.3) is 0 Å². The van der Waals surface area contributed by atoms with Crippen molar-refractivity contribution in [3.63, 3.8) is 0 Å². The van der Waals surface area contributed by atoms with Crippen LogP contribution < -0.4 is 5.32 Å². The van der Waals surface area contributed by atoms with E-state index < -0.39 is 0 Å². The van der Waals surface area contributed by atoms with Crippen LogP contribution in [0.1, 0.15) is 32.6 Å². The summed E-state index contributed by atoms with van der Waals surface area (Å²) in [6.45, 7) is 6.53. The van der Waals surface area contributed by atoms with Gasteiger partial charge >= 0.3 is 0 Å². The van der Waals surface area contributed by atoms with Crippen molar-refractivity contribution in [1.82, 2.24) is 10.2 Å². The summed E-state index contributed by atoms with van der Waals surface area (Å²) in [6.07, 6.45) is 4.27. The standard InChI is InChI=1S/C13H24N2O2.ClH/c1-2-12-10-15(7-8-17-12)13(16)9-11-3-5-14-6-4-11;/h11-12,14H,2-10H2,1H3;1H. The van der Waals surface area contributed by atoms with E-state index in [1.54, 1.807) is 0 Å². The van der Waals surface area contributed by atoms with E-state index in [1.165, 1.54) is 0 Å². The SMILES string of the molecule is CCC1CN(C(=O)CC2CCNCC2)CCO1.Cl. The molecule has 4 nitrogen and oxygen atoms in total. The number of nitrogens with zero attached hydrogens (tertiary/aromatic N) is 1. The van der Waals surface area contributed by atoms with Gasteiger partial charge < -0.3 is 15.0 Å². The molecule has 0 aromatic carbocycles. The van der Waals surface area contributed by atoms with Crippen molar-refractivity contribution in [3.05, 3.63) is 0 Å². The lowest BCUT2D eigenvalue weighted by molar-refractivity contribution is -0.140. The van der Waals surface area contributed by atoms with Crippen molar-refractivity contribution in [2.24, 2.45) is 5.92 Å². The number of rotatable bonds is 3. The van der Waals surface area contributed by atoms with Gasteiger partial charge in [0.05, 0.1) is 12.7 Å². The molecule has 0 radical (unpaired) electrons. The fourth-order valence-corrected chi connectivity index (χ4v) is 2.65. The molecule has 0 aromatic rings. The van der Waals surface area contributed by atoms with Crippen molar-refractivity contribution < 1.29 is 9.53 Å². The number of halogens is 1. The fourth-order valence-electron chi connectivity index (χ4n) is 2.65. The van der Waals surface area contributed by atoms with E-state index in [0.29, 0.717) is 18.4 Å². The van der Waals surface area contributed by atoms with Crippen LogP contribution in [-0.4, -0.2) is 49.7 Å². The minimum Gasteiger partial charge on any atom is -0.375 e. The predicted octanol–water partition coefficient (Wildman–Crippen LogP) is 1.44. The van der Waals surface area contributed by atoms with Crippen LogP contribution in [0.3, 0.4) is 0 Å². The van der Waals surface area contributed by atoms with Crippen molar-refractivity contribution in [3.8, 4) is 0 Å². The van der Waals surface area contributed by atoms with Gasteiger partial charge in [0.25, 0.3) is 0 Å². The number of amides is 1. The first-order valence-electron chi connectivity index (χ1n) is 6.89. The van der Waals surface area contributed by atoms with Crippen LogP contribution in [0.15, 0.2) is 0 Å². The Kier molecular flexibility index (Phi) is 6.97. The molecule has 0 aromatic heterocycles. The maximum absolute atomic E-state index is 12.2. The number of hydrogen-bond acceptors (Lipinski definition) is 3. The van der Waals surface area contributed by atoms with E-state index in [4.69, 9.17) is 4.74 Å². The predicted molar refractivity (Wildman–Crippen MR) is 74.1 cm³/mol. The first kappa shape index (κ1) is 15.7. The lowest BCUT2D eigenvalue weighted by Gasteiger charge is -2.34. The molecule has 106 valence electrons. The van der Waals surface area contributed by atoms with E-state index in [0.717, 1.165) is 51.9 Å². The quantitative estimate of drug-likeness (QED) is 0.848. The van der Waals surface area contributed by atoms with E-state index in [1.807, 2.05) is 4.90 Å². The minimum absolute atomic E-state index is 0. The molecule has 2 aliphatic rings. The molecule has 0 aliphatic carbocycles. The molecule has 2 heterocycles. The smallest absolute Gasteiger partial charge is 0.223 e. The molecule has 0 bridgehead atoms. The Balaban J connectivity index is 0.00000162. The maximum Gasteiger partial charge on any atom is 0.223 e. The summed E-state index contributed by atoms with van der Waals surface area (Å²) in [6, 6.07) is 0. The van der Waals surface area contributed by atoms with E-state index in [2.05, 4.69) is 12.2 Å². The maximum atomic E-state index is 12.2. The molecule has 1 amide bonds. The van der Waals surface area contributed by atoms with Gasteiger partial charge in [0.15, 0.2) is 0 Å². The lowest BCUT2D eigenvalue weighted by Crippen LogP contribution is -2.46. The van der Waals surface area contributed by atoms with Gasteiger partial charge in [0, 0.05) is 19.5 Å². The highest BCUT2D eigenvalue weighted by atomic mass is 35.5. The molecule has 5 heteroatoms. The molecule has 1 unspecified atom stereocenters. The molecule has 0 spiro atoms. The van der Waals surface area contributed by atoms with E-state index >= 15 is 0 Å². The van der Waals surface area contributed by atoms with Gasteiger partial charge in [-0.05, 0) is 38.3 Å². The van der Waals surface area contributed by atoms with Gasteiger partial charge in [-0.1, -0.05) is 6.92 Å². The summed E-state index contributed by atoms with van der Waals surface area (Å²) in [5.74, 6) is 0.922. The zero-order valence-electron chi connectivity index (χ0n) is 11.2. The third-order valence-electron chi connectivity index (χ3n) is 3.87. The topological polar surface area (TPSA) is 41.6 Å². The van der Waals surface area contributed by atoms with Crippen molar-refractivity contribution in [1.29, 1.82) is 0 Å². The highest BCUT2D eigenvalue weighted by Gasteiger charge is 2.25. The first-order valence-corrected chi connectivity index (χ1v) is 6.89. The number of carbonyl (C=O) groups excluding carboxylic acids is 1. The number of piperidine rings is 1. The third-order valence-corrected chi connectivity index (χ3v) is 3.87. The molecule has 0 saturated carbocycles. The van der Waals surface area contributed by atoms with Crippen molar-refractivity contribution >= 4 is 18.3 Å². The Morgan fingerprint density at radius 1 is 1.39 bits per heavy atom. The third kappa shape index (κ3) is 4.41. The molecule has 1 atom stereocenters. The second kappa shape index (κ2) is 7.97. The molecule has 1 N–H and O–H groups in total. The van der Waals surface area contributed by atoms with E-state index in [-0.39, 0.29) is 18.5 Å². The van der Waals surface area contributed by atoms with Gasteiger partial charge in [0.1, 0.15) is 0 Å². The Bertz CT molecular complexity index is 257. The second-order valence-electron chi connectivity index (χ2n) is 5.14. The minimum atomic E-state index is 0. The second-order valence-corrected chi connectivity index (χ2v) is 5.14. The number of hydrogen-bond donors (Lipinski definition) is 1. The number of carbonyl (C=O) groups is 1. The van der Waals surface area contributed by atoms with Gasteiger partial charge in [0.2, 0.25) is 5.91 Å². The Morgan fingerprint density at radius 3 is 2.78 bits per heavy atom. The summed E-state index contributed by atoms with van der Waals surface area (Å²) in [5.41, 5.74) is 0. The van der Waals surface area contributed by atoms with Crippen LogP contribution in [0, 0.1) is 5.92 Å². The highest BCUT2D eigenvalue weighted by Crippen LogP contribution is 2.18. The molecule has 2 fully saturated rings. The van der Waals surface area contributed by atoms with Crippen molar-refractivity contribution in [2.75, 3.05) is 32.8 Å². The van der Waals surface area contributed by atoms with E-state index in [9.17, 15) is 4.79 Å². The van der Waals surface area contributed by atoms with Gasteiger partial charge in [-0.15, -0.1) is 12.4 Å². The summed E-state index contributed by atoms with van der Waals surface area (Å²) in [5, 5.41) is 3.34. The summed E-state index contributed by atoms with van der Waals surface area (Å²) in [4.78, 5) is 14.2. The average Bonchev–Trinajstić information content (AvgIpc) is 2.40. The largest absolute Gasteiger partial charge is 0.375 e.